The zero-order valence-corrected chi connectivity index (χ0v) is 12.5. The van der Waals surface area contributed by atoms with Crippen molar-refractivity contribution in [3.8, 4) is 11.8 Å². The Morgan fingerprint density at radius 1 is 1.55 bits per heavy atom. The summed E-state index contributed by atoms with van der Waals surface area (Å²) in [6, 6.07) is 4.46. The third-order valence-electron chi connectivity index (χ3n) is 3.24. The van der Waals surface area contributed by atoms with Gasteiger partial charge in [-0.05, 0) is 18.2 Å². The van der Waals surface area contributed by atoms with Crippen LogP contribution in [-0.4, -0.2) is 56.7 Å². The fraction of sp³-hybridized carbons (Fsp3) is 0.385. The third-order valence-corrected chi connectivity index (χ3v) is 5.19. The average Bonchev–Trinajstić information content (AvgIpc) is 2.54. The van der Waals surface area contributed by atoms with Crippen molar-refractivity contribution in [2.45, 2.75) is 10.9 Å². The summed E-state index contributed by atoms with van der Waals surface area (Å²) in [5.74, 6) is -1.29. The van der Waals surface area contributed by atoms with Crippen LogP contribution in [0.4, 0.5) is 0 Å². The number of carbonyl (C=O) groups is 1. The Hall–Kier alpha value is -2.15. The molecule has 1 aromatic carbocycles. The number of aliphatic carboxylic acids is 1. The molecule has 9 heteroatoms. The van der Waals surface area contributed by atoms with E-state index in [0.717, 1.165) is 4.31 Å². The second-order valence-electron chi connectivity index (χ2n) is 4.52. The topological polar surface area (TPSA) is 117 Å². The Bertz CT molecular complexity index is 725. The summed E-state index contributed by atoms with van der Waals surface area (Å²) in [5, 5.41) is 18.0. The number of ether oxygens (including phenoxy) is 2. The second-order valence-corrected chi connectivity index (χ2v) is 6.38. The molecule has 1 unspecified atom stereocenters. The number of methoxy groups -OCH3 is 1. The molecule has 0 spiro atoms. The number of morpholine rings is 1. The summed E-state index contributed by atoms with van der Waals surface area (Å²) in [7, 11) is -2.80. The summed E-state index contributed by atoms with van der Waals surface area (Å²) in [6.45, 7) is -0.169. The van der Waals surface area contributed by atoms with Crippen LogP contribution in [0.2, 0.25) is 0 Å². The number of sulfonamides is 1. The first-order chi connectivity index (χ1) is 10.4. The van der Waals surface area contributed by atoms with Gasteiger partial charge in [0, 0.05) is 6.54 Å². The molecule has 0 aliphatic carbocycles. The highest BCUT2D eigenvalue weighted by Gasteiger charge is 2.39. The van der Waals surface area contributed by atoms with Crippen molar-refractivity contribution >= 4 is 16.0 Å². The molecule has 1 aliphatic rings. The zero-order valence-electron chi connectivity index (χ0n) is 11.7. The first-order valence-electron chi connectivity index (χ1n) is 6.32. The highest BCUT2D eigenvalue weighted by Crippen LogP contribution is 2.29. The van der Waals surface area contributed by atoms with Crippen molar-refractivity contribution in [2.75, 3.05) is 26.9 Å². The summed E-state index contributed by atoms with van der Waals surface area (Å²) < 4.78 is 36.4. The lowest BCUT2D eigenvalue weighted by atomic mass is 10.2. The predicted molar refractivity (Wildman–Crippen MR) is 73.8 cm³/mol. The van der Waals surface area contributed by atoms with Gasteiger partial charge in [0.25, 0.3) is 0 Å². The van der Waals surface area contributed by atoms with Gasteiger partial charge in [0.1, 0.15) is 16.7 Å². The van der Waals surface area contributed by atoms with E-state index in [-0.39, 0.29) is 36.0 Å². The van der Waals surface area contributed by atoms with E-state index in [4.69, 9.17) is 19.8 Å². The molecule has 2 rings (SSSR count). The zero-order chi connectivity index (χ0) is 16.3. The summed E-state index contributed by atoms with van der Waals surface area (Å²) in [6.07, 6.45) is 0. The second kappa shape index (κ2) is 6.31. The average molecular weight is 326 g/mol. The summed E-state index contributed by atoms with van der Waals surface area (Å²) in [5.41, 5.74) is 0.243. The fourth-order valence-corrected chi connectivity index (χ4v) is 3.84. The number of hydrogen-bond donors (Lipinski definition) is 1. The first-order valence-corrected chi connectivity index (χ1v) is 7.76. The Balaban J connectivity index is 2.50. The highest BCUT2D eigenvalue weighted by atomic mass is 32.2. The van der Waals surface area contributed by atoms with Crippen LogP contribution in [0.25, 0.3) is 0 Å². The Morgan fingerprint density at radius 2 is 2.27 bits per heavy atom. The van der Waals surface area contributed by atoms with E-state index in [9.17, 15) is 13.2 Å². The van der Waals surface area contributed by atoms with Crippen LogP contribution >= 0.6 is 0 Å². The number of nitriles is 1. The van der Waals surface area contributed by atoms with Gasteiger partial charge in [-0.3, -0.25) is 4.79 Å². The predicted octanol–water partition coefficient (Wildman–Crippen LogP) is 0.0410. The molecule has 22 heavy (non-hydrogen) atoms. The van der Waals surface area contributed by atoms with Crippen molar-refractivity contribution in [2.24, 2.45) is 0 Å². The molecular formula is C13H14N2O6S. The lowest BCUT2D eigenvalue weighted by Gasteiger charge is -2.32. The molecule has 1 N–H and O–H groups in total. The third kappa shape index (κ3) is 2.89. The maximum Gasteiger partial charge on any atom is 0.324 e. The maximum absolute atomic E-state index is 12.7. The molecule has 1 atom stereocenters. The van der Waals surface area contributed by atoms with Gasteiger partial charge >= 0.3 is 5.97 Å². The van der Waals surface area contributed by atoms with Gasteiger partial charge in [0.05, 0.1) is 32.0 Å². The highest BCUT2D eigenvalue weighted by molar-refractivity contribution is 7.89. The van der Waals surface area contributed by atoms with E-state index < -0.39 is 22.0 Å². The first kappa shape index (κ1) is 16.2. The Kier molecular flexibility index (Phi) is 4.65. The molecule has 1 saturated heterocycles. The van der Waals surface area contributed by atoms with Gasteiger partial charge in [-0.25, -0.2) is 8.42 Å². The van der Waals surface area contributed by atoms with Gasteiger partial charge in [-0.2, -0.15) is 9.57 Å². The van der Waals surface area contributed by atoms with Crippen LogP contribution in [0.3, 0.4) is 0 Å². The minimum atomic E-state index is -4.09. The van der Waals surface area contributed by atoms with E-state index in [1.807, 2.05) is 6.07 Å². The van der Waals surface area contributed by atoms with Crippen LogP contribution in [0.5, 0.6) is 5.75 Å². The minimum Gasteiger partial charge on any atom is -0.495 e. The van der Waals surface area contributed by atoms with Crippen molar-refractivity contribution < 1.29 is 27.8 Å². The van der Waals surface area contributed by atoms with E-state index in [1.165, 1.54) is 25.3 Å². The van der Waals surface area contributed by atoms with E-state index in [0.29, 0.717) is 0 Å². The molecule has 1 aromatic rings. The number of carboxylic acid groups (broad SMARTS) is 1. The van der Waals surface area contributed by atoms with Crippen molar-refractivity contribution in [1.82, 2.24) is 4.31 Å². The number of nitrogens with zero attached hydrogens (tertiary/aromatic N) is 2. The number of carboxylic acids is 1. The number of hydrogen-bond acceptors (Lipinski definition) is 6. The Labute approximate surface area is 127 Å². The lowest BCUT2D eigenvalue weighted by Crippen LogP contribution is -2.52. The molecular weight excluding hydrogens is 312 g/mol. The van der Waals surface area contributed by atoms with Gasteiger partial charge in [-0.15, -0.1) is 0 Å². The fourth-order valence-electron chi connectivity index (χ4n) is 2.15. The number of rotatable bonds is 4. The lowest BCUT2D eigenvalue weighted by molar-refractivity contribution is -0.146. The van der Waals surface area contributed by atoms with Crippen LogP contribution in [-0.2, 0) is 19.6 Å². The molecule has 1 aliphatic heterocycles. The van der Waals surface area contributed by atoms with Crippen molar-refractivity contribution in [1.29, 1.82) is 5.26 Å². The van der Waals surface area contributed by atoms with Crippen LogP contribution in [0, 0.1) is 11.3 Å². The Morgan fingerprint density at radius 3 is 2.86 bits per heavy atom. The molecule has 0 aromatic heterocycles. The molecule has 0 saturated carbocycles. The standard InChI is InChI=1S/C13H14N2O6S/c1-20-11-6-9(7-14)2-3-12(11)22(18,19)15-4-5-21-8-10(15)13(16)17/h2-3,6,10H,4-5,8H2,1H3,(H,16,17). The van der Waals surface area contributed by atoms with E-state index >= 15 is 0 Å². The molecule has 0 radical (unpaired) electrons. The van der Waals surface area contributed by atoms with Gasteiger partial charge < -0.3 is 14.6 Å². The van der Waals surface area contributed by atoms with Gasteiger partial charge in [0.15, 0.2) is 0 Å². The van der Waals surface area contributed by atoms with E-state index in [2.05, 4.69) is 0 Å². The summed E-state index contributed by atoms with van der Waals surface area (Å²) >= 11 is 0. The van der Waals surface area contributed by atoms with E-state index in [1.54, 1.807) is 0 Å². The van der Waals surface area contributed by atoms with Crippen molar-refractivity contribution in [3.05, 3.63) is 23.8 Å². The molecule has 0 amide bonds. The van der Waals surface area contributed by atoms with Gasteiger partial charge in [-0.1, -0.05) is 0 Å². The molecule has 0 bridgehead atoms. The van der Waals surface area contributed by atoms with Gasteiger partial charge in [0.2, 0.25) is 10.0 Å². The number of benzene rings is 1. The van der Waals surface area contributed by atoms with Crippen LogP contribution in [0.15, 0.2) is 23.1 Å². The molecule has 118 valence electrons. The van der Waals surface area contributed by atoms with Crippen LogP contribution < -0.4 is 4.74 Å². The normalized spacial score (nSPS) is 19.4. The molecule has 8 nitrogen and oxygen atoms in total. The smallest absolute Gasteiger partial charge is 0.324 e. The minimum absolute atomic E-state index is 0.00493. The largest absolute Gasteiger partial charge is 0.495 e. The molecule has 1 heterocycles. The quantitative estimate of drug-likeness (QED) is 0.830. The van der Waals surface area contributed by atoms with Crippen molar-refractivity contribution in [3.63, 3.8) is 0 Å². The molecule has 1 fully saturated rings. The SMILES string of the molecule is COc1cc(C#N)ccc1S(=O)(=O)N1CCOCC1C(=O)O. The summed E-state index contributed by atoms with van der Waals surface area (Å²) in [4.78, 5) is 11.1. The van der Waals surface area contributed by atoms with Crippen LogP contribution in [0.1, 0.15) is 5.56 Å². The maximum atomic E-state index is 12.7. The monoisotopic (exact) mass is 326 g/mol.